The van der Waals surface area contributed by atoms with Crippen LogP contribution in [0.15, 0.2) is 35.5 Å². The van der Waals surface area contributed by atoms with Crippen LogP contribution in [0.3, 0.4) is 0 Å². The Morgan fingerprint density at radius 1 is 0.977 bits per heavy atom. The van der Waals surface area contributed by atoms with E-state index < -0.39 is 29.4 Å². The van der Waals surface area contributed by atoms with Crippen LogP contribution in [0.4, 0.5) is 0 Å². The smallest absolute Gasteiger partial charge is 0.192 e. The van der Waals surface area contributed by atoms with Crippen LogP contribution in [-0.4, -0.2) is 28.8 Å². The first-order valence-corrected chi connectivity index (χ1v) is 23.3. The maximum atomic E-state index is 9.05. The first kappa shape index (κ1) is 31.2. The van der Waals surface area contributed by atoms with Gasteiger partial charge in [0.25, 0.3) is 0 Å². The summed E-state index contributed by atoms with van der Waals surface area (Å²) < 4.78 is 49.7. The van der Waals surface area contributed by atoms with E-state index in [1.165, 1.54) is 11.1 Å². The maximum Gasteiger partial charge on any atom is 0.192 e. The monoisotopic (exact) mass is 637 g/mol. The van der Waals surface area contributed by atoms with Crippen LogP contribution in [0.25, 0.3) is 0 Å². The molecule has 3 rings (SSSR count). The van der Waals surface area contributed by atoms with Crippen LogP contribution < -0.4 is 0 Å². The molecular weight excluding hydrogens is 557 g/mol. The highest BCUT2D eigenvalue weighted by Gasteiger charge is 2.50. The van der Waals surface area contributed by atoms with E-state index in [1.807, 2.05) is 20.8 Å². The summed E-state index contributed by atoms with van der Waals surface area (Å²) >= 11 is 0. The summed E-state index contributed by atoms with van der Waals surface area (Å²) in [5.41, 5.74) is 3.83. The van der Waals surface area contributed by atoms with E-state index in [-0.39, 0.29) is 51.9 Å². The molecule has 3 saturated carbocycles. The SMILES string of the molecule is [3H]C([3H])(CC(C)C)C([3H])([3H])[C@@H](C)[C@H]1CC[C@H]2/C(=C/C=C3/C[C@@H](O[Si](C)(C)C(C)(C)C)C[C@H](O[Si](C)(C)C(C)(C)C)C3=C)CCC[C@]12C. The molecule has 3 aliphatic carbocycles. The lowest BCUT2D eigenvalue weighted by molar-refractivity contribution is 0.0927. The molecule has 0 bridgehead atoms. The lowest BCUT2D eigenvalue weighted by Gasteiger charge is -2.46. The van der Waals surface area contributed by atoms with E-state index in [9.17, 15) is 0 Å². The van der Waals surface area contributed by atoms with Crippen molar-refractivity contribution in [2.24, 2.45) is 29.1 Å². The topological polar surface area (TPSA) is 18.5 Å². The number of hydrogen-bond acceptors (Lipinski definition) is 2. The summed E-state index contributed by atoms with van der Waals surface area (Å²) in [6.07, 6.45) is 8.32. The highest BCUT2D eigenvalue weighted by Crippen LogP contribution is 2.60. The molecule has 3 aliphatic rings. The van der Waals surface area contributed by atoms with Crippen molar-refractivity contribution in [1.82, 2.24) is 0 Å². The highest BCUT2D eigenvalue weighted by atomic mass is 28.4. The fraction of sp³-hybridized carbons (Fsp3) is 0.846. The van der Waals surface area contributed by atoms with Gasteiger partial charge in [-0.05, 0) is 115 Å². The van der Waals surface area contributed by atoms with Crippen molar-refractivity contribution < 1.29 is 14.3 Å². The average molecular weight is 637 g/mol. The third-order valence-corrected chi connectivity index (χ3v) is 21.2. The van der Waals surface area contributed by atoms with Crippen LogP contribution in [0.1, 0.15) is 139 Å². The van der Waals surface area contributed by atoms with E-state index in [0.29, 0.717) is 5.92 Å². The van der Waals surface area contributed by atoms with Crippen molar-refractivity contribution in [3.8, 4) is 0 Å². The van der Waals surface area contributed by atoms with Crippen molar-refractivity contribution in [3.05, 3.63) is 35.5 Å². The second-order valence-electron chi connectivity index (χ2n) is 18.1. The molecular formula is C39H72O2Si2. The first-order chi connectivity index (χ1) is 21.1. The normalized spacial score (nSPS) is 34.2. The number of fused-ring (bicyclic) bond motifs is 1. The summed E-state index contributed by atoms with van der Waals surface area (Å²) in [5.74, 6) is 0.339. The van der Waals surface area contributed by atoms with Gasteiger partial charge in [-0.2, -0.15) is 0 Å². The second-order valence-corrected chi connectivity index (χ2v) is 27.6. The summed E-state index contributed by atoms with van der Waals surface area (Å²) in [6, 6.07) is 0. The molecule has 0 saturated heterocycles. The lowest BCUT2D eigenvalue weighted by atomic mass is 9.60. The third kappa shape index (κ3) is 8.69. The molecule has 0 aromatic rings. The van der Waals surface area contributed by atoms with Crippen molar-refractivity contribution in [3.63, 3.8) is 0 Å². The van der Waals surface area contributed by atoms with Gasteiger partial charge >= 0.3 is 0 Å². The Balaban J connectivity index is 1.94. The van der Waals surface area contributed by atoms with Gasteiger partial charge in [-0.25, -0.2) is 0 Å². The molecule has 43 heavy (non-hydrogen) atoms. The van der Waals surface area contributed by atoms with Gasteiger partial charge < -0.3 is 8.85 Å². The molecule has 0 N–H and O–H groups in total. The zero-order valence-electron chi connectivity index (χ0n) is 34.8. The summed E-state index contributed by atoms with van der Waals surface area (Å²) in [6.45, 7) is 36.2. The fourth-order valence-electron chi connectivity index (χ4n) is 7.39. The zero-order chi connectivity index (χ0) is 36.2. The first-order valence-electron chi connectivity index (χ1n) is 19.5. The molecule has 0 heterocycles. The van der Waals surface area contributed by atoms with Gasteiger partial charge in [-0.1, -0.05) is 113 Å². The Morgan fingerprint density at radius 2 is 1.58 bits per heavy atom. The Labute approximate surface area is 276 Å². The average Bonchev–Trinajstić information content (AvgIpc) is 3.23. The Kier molecular flexibility index (Phi) is 9.97. The van der Waals surface area contributed by atoms with Crippen molar-refractivity contribution in [2.75, 3.05) is 0 Å². The van der Waals surface area contributed by atoms with E-state index in [0.717, 1.165) is 50.5 Å². The van der Waals surface area contributed by atoms with Gasteiger partial charge in [0.2, 0.25) is 0 Å². The van der Waals surface area contributed by atoms with E-state index in [1.54, 1.807) is 0 Å². The Morgan fingerprint density at radius 3 is 2.16 bits per heavy atom. The zero-order valence-corrected chi connectivity index (χ0v) is 32.8. The minimum atomic E-state index is -2.03. The minimum Gasteiger partial charge on any atom is -0.413 e. The highest BCUT2D eigenvalue weighted by molar-refractivity contribution is 6.74. The molecule has 3 fully saturated rings. The molecule has 0 aromatic carbocycles. The Hall–Kier alpha value is -0.426. The molecule has 0 aromatic heterocycles. The van der Waals surface area contributed by atoms with Gasteiger partial charge in [-0.3, -0.25) is 0 Å². The summed E-state index contributed by atoms with van der Waals surface area (Å²) in [4.78, 5) is 0. The molecule has 6 atom stereocenters. The number of allylic oxidation sites excluding steroid dienone is 3. The molecule has 2 nitrogen and oxygen atoms in total. The quantitative estimate of drug-likeness (QED) is 0.222. The standard InChI is InChI=1S/C39H72O2Si2/c1-28(2)18-16-19-29(3)34-23-24-35-31(20-17-25-39(34,35)11)21-22-32-26-33(40-42(12,13)37(5,6)7)27-36(30(32)4)41-43(14,15)38(8,9)10/h21-22,28-29,33-36H,4,16-20,23-27H2,1-3,5-15H3/b31-21+,32-22-/t29-,33-,34-,35+,36+,39-/m1/s1/i16T2,19T2. The van der Waals surface area contributed by atoms with Crippen LogP contribution >= 0.6 is 0 Å². The number of rotatable bonds is 10. The van der Waals surface area contributed by atoms with Crippen LogP contribution in [-0.2, 0) is 8.85 Å². The van der Waals surface area contributed by atoms with Gasteiger partial charge in [0.15, 0.2) is 16.6 Å². The lowest BCUT2D eigenvalue weighted by Crippen LogP contribution is -2.49. The predicted molar refractivity (Wildman–Crippen MR) is 195 cm³/mol. The fourth-order valence-corrected chi connectivity index (χ4v) is 10.1. The molecule has 248 valence electrons. The van der Waals surface area contributed by atoms with Gasteiger partial charge in [0, 0.05) is 11.9 Å². The van der Waals surface area contributed by atoms with Gasteiger partial charge in [-0.15, -0.1) is 0 Å². The van der Waals surface area contributed by atoms with Crippen LogP contribution in [0, 0.1) is 29.1 Å². The molecule has 0 unspecified atom stereocenters. The molecule has 0 amide bonds. The van der Waals surface area contributed by atoms with E-state index >= 15 is 0 Å². The molecule has 0 spiro atoms. The maximum absolute atomic E-state index is 9.05. The minimum absolute atomic E-state index is 0.0190. The molecule has 0 radical (unpaired) electrons. The summed E-state index contributed by atoms with van der Waals surface area (Å²) in [5, 5.41) is 0.245. The summed E-state index contributed by atoms with van der Waals surface area (Å²) in [7, 11) is -4.02. The predicted octanol–water partition coefficient (Wildman–Crippen LogP) is 12.6. The van der Waals surface area contributed by atoms with Crippen molar-refractivity contribution >= 4 is 16.6 Å². The molecule has 0 aliphatic heterocycles. The second kappa shape index (κ2) is 13.7. The number of hydrogen-bond donors (Lipinski definition) is 0. The van der Waals surface area contributed by atoms with Crippen LogP contribution in [0.5, 0.6) is 0 Å². The van der Waals surface area contributed by atoms with Crippen molar-refractivity contribution in [2.45, 2.75) is 182 Å². The van der Waals surface area contributed by atoms with Gasteiger partial charge in [0.1, 0.15) is 0 Å². The largest absolute Gasteiger partial charge is 0.413 e. The third-order valence-electron chi connectivity index (χ3n) is 12.2. The van der Waals surface area contributed by atoms with Gasteiger partial charge in [0.05, 0.1) is 12.2 Å². The molecule has 4 heteroatoms. The van der Waals surface area contributed by atoms with Crippen LogP contribution in [0.2, 0.25) is 36.3 Å². The van der Waals surface area contributed by atoms with Crippen molar-refractivity contribution in [1.29, 1.82) is 0 Å². The Bertz CT molecular complexity index is 1190. The van der Waals surface area contributed by atoms with E-state index in [4.69, 9.17) is 14.3 Å². The van der Waals surface area contributed by atoms with E-state index in [2.05, 4.69) is 93.4 Å².